The molecule has 1 saturated carbocycles. The third-order valence-electron chi connectivity index (χ3n) is 10.4. The predicted octanol–water partition coefficient (Wildman–Crippen LogP) is 6.85. The molecule has 2 N–H and O–H groups in total. The number of β-amino-alcohol motifs (C(OH)–C–C–N with tert-alkyl or cyclic N) is 1. The molecular formula is C39H47F3N6O4. The lowest BCUT2D eigenvalue weighted by molar-refractivity contribution is -0.0123. The summed E-state index contributed by atoms with van der Waals surface area (Å²) < 4.78 is 59.9. The van der Waals surface area contributed by atoms with Gasteiger partial charge in [0.2, 0.25) is 0 Å². The average Bonchev–Trinajstić information content (AvgIpc) is 3.78. The zero-order chi connectivity index (χ0) is 36.8. The van der Waals surface area contributed by atoms with E-state index in [4.69, 9.17) is 14.5 Å². The molecule has 1 atom stereocenters. The van der Waals surface area contributed by atoms with Crippen LogP contribution >= 0.6 is 0 Å². The van der Waals surface area contributed by atoms with Crippen LogP contribution in [-0.4, -0.2) is 99.0 Å². The molecule has 3 aliphatic rings. The van der Waals surface area contributed by atoms with Crippen molar-refractivity contribution >= 4 is 33.0 Å². The number of halogens is 3. The summed E-state index contributed by atoms with van der Waals surface area (Å²) in [7, 11) is 0. The van der Waals surface area contributed by atoms with Gasteiger partial charge in [0.1, 0.15) is 40.4 Å². The number of hydrogen-bond acceptors (Lipinski definition) is 9. The molecule has 3 aromatic heterocycles. The molecule has 2 aromatic carbocycles. The number of fused-ring (bicyclic) bond motifs is 4. The van der Waals surface area contributed by atoms with E-state index in [2.05, 4.69) is 15.0 Å². The molecule has 0 spiro atoms. The van der Waals surface area contributed by atoms with E-state index in [0.29, 0.717) is 85.2 Å². The summed E-state index contributed by atoms with van der Waals surface area (Å²) in [6.07, 6.45) is 4.09. The van der Waals surface area contributed by atoms with Crippen molar-refractivity contribution in [1.82, 2.24) is 24.5 Å². The smallest absolute Gasteiger partial charge is 0.319 e. The van der Waals surface area contributed by atoms with Gasteiger partial charge >= 0.3 is 6.01 Å². The van der Waals surface area contributed by atoms with Gasteiger partial charge in [-0.3, -0.25) is 0 Å². The Kier molecular flexibility index (Phi) is 9.96. The Balaban J connectivity index is 0.00000207. The van der Waals surface area contributed by atoms with E-state index >= 15 is 8.78 Å². The van der Waals surface area contributed by atoms with E-state index in [1.54, 1.807) is 25.3 Å². The summed E-state index contributed by atoms with van der Waals surface area (Å²) in [5.74, 6) is -0.909. The number of anilines is 1. The van der Waals surface area contributed by atoms with Gasteiger partial charge < -0.3 is 29.5 Å². The fraction of sp³-hybridized carbons (Fsp3) is 0.513. The fourth-order valence-corrected chi connectivity index (χ4v) is 7.72. The number of piperidine rings is 1. The van der Waals surface area contributed by atoms with Crippen molar-refractivity contribution in [2.24, 2.45) is 5.41 Å². The molecule has 2 saturated heterocycles. The number of ether oxygens (including phenoxy) is 2. The van der Waals surface area contributed by atoms with Gasteiger partial charge in [-0.2, -0.15) is 15.1 Å². The monoisotopic (exact) mass is 720 g/mol. The minimum absolute atomic E-state index is 0.00965. The first-order chi connectivity index (χ1) is 25.0. The SMILES string of the molecule is CC.CCc1c(F)ccc2cc(O)cc(-c3c(F)c4nc(OCC5(CN6CCC(F)CC6)CC5)nc(N5CCOCC(C)(O)C5)c4c4ccnn34)c12. The van der Waals surface area contributed by atoms with Crippen molar-refractivity contribution in [3.05, 3.63) is 53.7 Å². The second-order valence-corrected chi connectivity index (χ2v) is 14.5. The van der Waals surface area contributed by atoms with Crippen LogP contribution in [0, 0.1) is 17.0 Å². The maximum absolute atomic E-state index is 17.4. The Bertz CT molecular complexity index is 2090. The number of likely N-dealkylation sites (tertiary alicyclic amines) is 1. The van der Waals surface area contributed by atoms with Crippen LogP contribution < -0.4 is 9.64 Å². The largest absolute Gasteiger partial charge is 0.508 e. The quantitative estimate of drug-likeness (QED) is 0.178. The number of aryl methyl sites for hydroxylation is 1. The molecule has 0 bridgehead atoms. The van der Waals surface area contributed by atoms with Gasteiger partial charge in [0, 0.05) is 37.2 Å². The maximum Gasteiger partial charge on any atom is 0.319 e. The number of aromatic hydroxyl groups is 1. The first-order valence-corrected chi connectivity index (χ1v) is 18.4. The van der Waals surface area contributed by atoms with Crippen LogP contribution in [0.3, 0.4) is 0 Å². The minimum Gasteiger partial charge on any atom is -0.508 e. The van der Waals surface area contributed by atoms with Crippen LogP contribution in [0.2, 0.25) is 0 Å². The standard InChI is InChI=1S/C37H41F3N6O4.C2H6/c1-3-25-27(39)5-4-22-16-24(47)17-26(29(22)25)33-31(40)32-30(28-6-11-41-46(28)33)34(45-14-15-49-20-36(2,48)18-45)43-35(42-32)50-21-37(9-10-37)19-44-12-7-23(38)8-13-44;1-2/h4-6,11,16-17,23,47-48H,3,7-10,12-15,18-21H2,1-2H3;1-2H3. The zero-order valence-electron chi connectivity index (χ0n) is 30.3. The molecule has 8 rings (SSSR count). The van der Waals surface area contributed by atoms with Crippen LogP contribution in [0.5, 0.6) is 11.8 Å². The number of aliphatic hydroxyl groups is 1. The van der Waals surface area contributed by atoms with Crippen LogP contribution in [0.15, 0.2) is 36.5 Å². The first kappa shape index (κ1) is 36.2. The predicted molar refractivity (Wildman–Crippen MR) is 195 cm³/mol. The van der Waals surface area contributed by atoms with Crippen LogP contribution in [-0.2, 0) is 11.2 Å². The second-order valence-electron chi connectivity index (χ2n) is 14.5. The fourth-order valence-electron chi connectivity index (χ4n) is 7.72. The summed E-state index contributed by atoms with van der Waals surface area (Å²) in [6.45, 7) is 11.0. The molecule has 1 unspecified atom stereocenters. The normalized spacial score (nSPS) is 21.0. The molecule has 278 valence electrons. The van der Waals surface area contributed by atoms with E-state index < -0.39 is 23.4 Å². The highest BCUT2D eigenvalue weighted by Crippen LogP contribution is 2.47. The molecule has 0 radical (unpaired) electrons. The number of aromatic nitrogens is 4. The number of nitrogens with zero attached hydrogens (tertiary/aromatic N) is 6. The van der Waals surface area contributed by atoms with Crippen LogP contribution in [0.1, 0.15) is 58.9 Å². The van der Waals surface area contributed by atoms with Crippen molar-refractivity contribution in [1.29, 1.82) is 0 Å². The Labute approximate surface area is 301 Å². The third-order valence-corrected chi connectivity index (χ3v) is 10.4. The van der Waals surface area contributed by atoms with Crippen molar-refractivity contribution in [2.75, 3.05) is 57.4 Å². The Morgan fingerprint density at radius 2 is 1.81 bits per heavy atom. The van der Waals surface area contributed by atoms with E-state index in [9.17, 15) is 14.6 Å². The van der Waals surface area contributed by atoms with Gasteiger partial charge in [0.05, 0.1) is 43.5 Å². The molecule has 5 aromatic rings. The topological polar surface area (TPSA) is 108 Å². The number of benzene rings is 2. The lowest BCUT2D eigenvalue weighted by atomic mass is 9.94. The Hall–Kier alpha value is -4.20. The summed E-state index contributed by atoms with van der Waals surface area (Å²) in [5.41, 5.74) is -0.204. The molecule has 1 aliphatic carbocycles. The van der Waals surface area contributed by atoms with E-state index in [1.165, 1.54) is 22.7 Å². The second kappa shape index (κ2) is 14.3. The van der Waals surface area contributed by atoms with Gasteiger partial charge in [0.25, 0.3) is 0 Å². The minimum atomic E-state index is -1.21. The first-order valence-electron chi connectivity index (χ1n) is 18.4. The lowest BCUT2D eigenvalue weighted by Gasteiger charge is -2.32. The molecular weight excluding hydrogens is 673 g/mol. The number of hydrogen-bond donors (Lipinski definition) is 2. The molecule has 52 heavy (non-hydrogen) atoms. The summed E-state index contributed by atoms with van der Waals surface area (Å²) >= 11 is 0. The molecule has 2 aliphatic heterocycles. The van der Waals surface area contributed by atoms with Crippen LogP contribution in [0.4, 0.5) is 19.0 Å². The summed E-state index contributed by atoms with van der Waals surface area (Å²) in [4.78, 5) is 13.7. The van der Waals surface area contributed by atoms with Gasteiger partial charge in [-0.05, 0) is 79.6 Å². The highest BCUT2D eigenvalue weighted by molar-refractivity contribution is 6.07. The molecule has 13 heteroatoms. The Morgan fingerprint density at radius 3 is 2.54 bits per heavy atom. The maximum atomic E-state index is 17.4. The highest BCUT2D eigenvalue weighted by Gasteiger charge is 2.45. The van der Waals surface area contributed by atoms with Gasteiger partial charge in [0.15, 0.2) is 5.82 Å². The van der Waals surface area contributed by atoms with Gasteiger partial charge in [-0.25, -0.2) is 17.7 Å². The van der Waals surface area contributed by atoms with Crippen molar-refractivity contribution in [2.45, 2.75) is 71.6 Å². The van der Waals surface area contributed by atoms with Crippen molar-refractivity contribution in [3.63, 3.8) is 0 Å². The van der Waals surface area contributed by atoms with Crippen molar-refractivity contribution < 1.29 is 32.9 Å². The van der Waals surface area contributed by atoms with Gasteiger partial charge in [-0.15, -0.1) is 0 Å². The number of phenolic OH excluding ortho intramolecular Hbond substituents is 1. The molecule has 3 fully saturated rings. The number of alkyl halides is 1. The molecule has 0 amide bonds. The summed E-state index contributed by atoms with van der Waals surface area (Å²) in [5, 5.41) is 27.8. The van der Waals surface area contributed by atoms with Gasteiger partial charge in [-0.1, -0.05) is 26.8 Å². The summed E-state index contributed by atoms with van der Waals surface area (Å²) in [6, 6.07) is 7.60. The van der Waals surface area contributed by atoms with E-state index in [1.807, 2.05) is 25.7 Å². The van der Waals surface area contributed by atoms with E-state index in [-0.39, 0.29) is 47.1 Å². The van der Waals surface area contributed by atoms with Crippen molar-refractivity contribution in [3.8, 4) is 23.0 Å². The number of pyridine rings is 1. The third kappa shape index (κ3) is 6.85. The zero-order valence-corrected chi connectivity index (χ0v) is 30.3. The highest BCUT2D eigenvalue weighted by atomic mass is 19.1. The molecule has 5 heterocycles. The van der Waals surface area contributed by atoms with Crippen LogP contribution in [0.25, 0.3) is 38.4 Å². The van der Waals surface area contributed by atoms with E-state index in [0.717, 1.165) is 19.4 Å². The Morgan fingerprint density at radius 1 is 1.04 bits per heavy atom. The number of rotatable bonds is 8. The lowest BCUT2D eigenvalue weighted by Crippen LogP contribution is -2.42. The number of phenols is 1. The average molecular weight is 721 g/mol. The molecule has 10 nitrogen and oxygen atoms in total.